The van der Waals surface area contributed by atoms with E-state index in [0.29, 0.717) is 40.3 Å². The number of rotatable bonds is 9. The first-order valence-corrected chi connectivity index (χ1v) is 12.2. The first-order chi connectivity index (χ1) is 16.8. The van der Waals surface area contributed by atoms with Crippen LogP contribution in [0.5, 0.6) is 5.75 Å². The highest BCUT2D eigenvalue weighted by molar-refractivity contribution is 6.40. The number of carboxylic acids is 1. The summed E-state index contributed by atoms with van der Waals surface area (Å²) in [6, 6.07) is 12.3. The molecule has 1 unspecified atom stereocenters. The Labute approximate surface area is 220 Å². The minimum absolute atomic E-state index is 0.152. The van der Waals surface area contributed by atoms with Gasteiger partial charge in [0.1, 0.15) is 12.9 Å². The van der Waals surface area contributed by atoms with Crippen LogP contribution >= 0.6 is 34.8 Å². The van der Waals surface area contributed by atoms with E-state index in [1.54, 1.807) is 29.4 Å². The van der Waals surface area contributed by atoms with Crippen LogP contribution in [0.1, 0.15) is 38.2 Å². The topological polar surface area (TPSA) is 84.7 Å². The molecule has 0 radical (unpaired) electrons. The van der Waals surface area contributed by atoms with Gasteiger partial charge in [-0.15, -0.1) is 0 Å². The molecule has 3 aromatic rings. The Morgan fingerprint density at radius 3 is 2.26 bits per heavy atom. The average Bonchev–Trinajstić information content (AvgIpc) is 3.36. The third kappa shape index (κ3) is 8.76. The summed E-state index contributed by atoms with van der Waals surface area (Å²) in [7, 11) is 0. The first kappa shape index (κ1) is 28.5. The van der Waals surface area contributed by atoms with Gasteiger partial charge >= 0.3 is 12.0 Å². The molecule has 0 aliphatic carbocycles. The quantitative estimate of drug-likeness (QED) is 0.320. The molecular formula is C25H28Cl3N3O4. The van der Waals surface area contributed by atoms with E-state index in [2.05, 4.69) is 4.98 Å². The van der Waals surface area contributed by atoms with Gasteiger partial charge in [0.25, 0.3) is 0 Å². The van der Waals surface area contributed by atoms with Crippen molar-refractivity contribution in [2.45, 2.75) is 32.6 Å². The molecule has 1 aromatic heterocycles. The number of imidazole rings is 1. The molecule has 0 aliphatic heterocycles. The van der Waals surface area contributed by atoms with Gasteiger partial charge in [0.15, 0.2) is 5.75 Å². The number of hydrogen-bond acceptors (Lipinski definition) is 4. The largest absolute Gasteiger partial charge is 0.489 e. The summed E-state index contributed by atoms with van der Waals surface area (Å²) in [5, 5.41) is 9.94. The Morgan fingerprint density at radius 2 is 1.74 bits per heavy atom. The molecule has 7 nitrogen and oxygen atoms in total. The van der Waals surface area contributed by atoms with E-state index in [9.17, 15) is 9.59 Å². The van der Waals surface area contributed by atoms with Crippen LogP contribution < -0.4 is 4.74 Å². The number of amides is 1. The normalized spacial score (nSPS) is 11.2. The standard InChI is InChI=1S/C15H16Cl3N3O2.C10H12O2/c1-2-4-20(15(22)21-5-3-19-10-21)6-7-23-14-12(17)8-11(16)9-13(14)18;1-2-9(10(11)12)8-6-4-3-5-7-8/h3,5,8-10H,2,4,6-7H2,1H3;3-7,9H,2H2,1H3,(H,11,12). The van der Waals surface area contributed by atoms with Crippen LogP contribution in [0.25, 0.3) is 0 Å². The van der Waals surface area contributed by atoms with Crippen molar-refractivity contribution >= 4 is 46.8 Å². The number of aliphatic carboxylic acids is 1. The van der Waals surface area contributed by atoms with Gasteiger partial charge in [0, 0.05) is 24.0 Å². The lowest BCUT2D eigenvalue weighted by atomic mass is 9.97. The lowest BCUT2D eigenvalue weighted by Crippen LogP contribution is -2.37. The van der Waals surface area contributed by atoms with Crippen molar-refractivity contribution in [3.8, 4) is 5.75 Å². The number of aromatic nitrogens is 2. The fourth-order valence-electron chi connectivity index (χ4n) is 3.27. The first-order valence-electron chi connectivity index (χ1n) is 11.1. The molecule has 1 atom stereocenters. The van der Waals surface area contributed by atoms with Crippen LogP contribution in [0, 0.1) is 0 Å². The second kappa shape index (κ2) is 14.6. The van der Waals surface area contributed by atoms with Crippen LogP contribution in [0.4, 0.5) is 4.79 Å². The number of carboxylic acid groups (broad SMARTS) is 1. The van der Waals surface area contributed by atoms with Crippen molar-refractivity contribution in [3.05, 3.63) is 81.8 Å². The number of halogens is 3. The van der Waals surface area contributed by atoms with Gasteiger partial charge in [-0.05, 0) is 30.5 Å². The molecule has 2 aromatic carbocycles. The van der Waals surface area contributed by atoms with Crippen molar-refractivity contribution in [1.29, 1.82) is 0 Å². The Bertz CT molecular complexity index is 1060. The van der Waals surface area contributed by atoms with E-state index >= 15 is 0 Å². The molecular weight excluding hydrogens is 513 g/mol. The van der Waals surface area contributed by atoms with Gasteiger partial charge < -0.3 is 14.7 Å². The maximum atomic E-state index is 12.3. The van der Waals surface area contributed by atoms with Gasteiger partial charge in [-0.25, -0.2) is 9.78 Å². The van der Waals surface area contributed by atoms with Gasteiger partial charge in [-0.1, -0.05) is 79.0 Å². The van der Waals surface area contributed by atoms with Gasteiger partial charge in [0.2, 0.25) is 0 Å². The number of carbonyl (C=O) groups is 2. The maximum absolute atomic E-state index is 12.3. The zero-order chi connectivity index (χ0) is 25.8. The van der Waals surface area contributed by atoms with Gasteiger partial charge in [0.05, 0.1) is 22.5 Å². The summed E-state index contributed by atoms with van der Waals surface area (Å²) in [6.45, 7) is 5.16. The van der Waals surface area contributed by atoms with Crippen LogP contribution in [0.2, 0.25) is 15.1 Å². The maximum Gasteiger partial charge on any atom is 0.329 e. The third-order valence-corrected chi connectivity index (χ3v) is 5.75. The molecule has 0 saturated heterocycles. The molecule has 10 heteroatoms. The minimum atomic E-state index is -0.747. The van der Waals surface area contributed by atoms with E-state index in [1.807, 2.05) is 44.2 Å². The lowest BCUT2D eigenvalue weighted by Gasteiger charge is -2.22. The highest BCUT2D eigenvalue weighted by atomic mass is 35.5. The van der Waals surface area contributed by atoms with Crippen LogP contribution in [0.3, 0.4) is 0 Å². The van der Waals surface area contributed by atoms with E-state index in [4.69, 9.17) is 44.6 Å². The molecule has 1 amide bonds. The molecule has 0 fully saturated rings. The number of carbonyl (C=O) groups excluding carboxylic acids is 1. The molecule has 1 N–H and O–H groups in total. The predicted molar refractivity (Wildman–Crippen MR) is 139 cm³/mol. The van der Waals surface area contributed by atoms with Gasteiger partial charge in [-0.3, -0.25) is 9.36 Å². The third-order valence-electron chi connectivity index (χ3n) is 4.97. The van der Waals surface area contributed by atoms with Crippen LogP contribution in [0.15, 0.2) is 61.2 Å². The summed E-state index contributed by atoms with van der Waals surface area (Å²) in [5.41, 5.74) is 0.882. The Kier molecular flexibility index (Phi) is 11.9. The molecule has 35 heavy (non-hydrogen) atoms. The fraction of sp³-hybridized carbons (Fsp3) is 0.320. The van der Waals surface area contributed by atoms with Crippen molar-refractivity contribution in [1.82, 2.24) is 14.5 Å². The summed E-state index contributed by atoms with van der Waals surface area (Å²) >= 11 is 18.0. The minimum Gasteiger partial charge on any atom is -0.489 e. The molecule has 0 aliphatic rings. The van der Waals surface area contributed by atoms with Crippen LogP contribution in [-0.4, -0.2) is 51.3 Å². The van der Waals surface area contributed by atoms with Crippen molar-refractivity contribution in [2.75, 3.05) is 19.7 Å². The smallest absolute Gasteiger partial charge is 0.329 e. The van der Waals surface area contributed by atoms with E-state index in [-0.39, 0.29) is 18.6 Å². The summed E-state index contributed by atoms with van der Waals surface area (Å²) in [6.07, 6.45) is 6.12. The molecule has 0 bridgehead atoms. The molecule has 188 valence electrons. The number of ether oxygens (including phenoxy) is 1. The fourth-order valence-corrected chi connectivity index (χ4v) is 4.20. The number of nitrogens with zero attached hydrogens (tertiary/aromatic N) is 3. The van der Waals surface area contributed by atoms with Crippen molar-refractivity contribution in [2.24, 2.45) is 0 Å². The zero-order valence-corrected chi connectivity index (χ0v) is 21.8. The molecule has 3 rings (SSSR count). The summed E-state index contributed by atoms with van der Waals surface area (Å²) in [5.74, 6) is -0.737. The Hall–Kier alpha value is -2.74. The second-order valence-corrected chi connectivity index (χ2v) is 8.75. The van der Waals surface area contributed by atoms with Crippen LogP contribution in [-0.2, 0) is 4.79 Å². The Balaban J connectivity index is 0.000000303. The number of hydrogen-bond donors (Lipinski definition) is 1. The average molecular weight is 541 g/mol. The van der Waals surface area contributed by atoms with Crippen molar-refractivity contribution < 1.29 is 19.4 Å². The van der Waals surface area contributed by atoms with E-state index in [1.165, 1.54) is 10.9 Å². The molecule has 0 spiro atoms. The molecule has 1 heterocycles. The highest BCUT2D eigenvalue weighted by Gasteiger charge is 2.17. The predicted octanol–water partition coefficient (Wildman–Crippen LogP) is 6.87. The SMILES string of the molecule is CCC(C(=O)O)c1ccccc1.CCCN(CCOc1c(Cl)cc(Cl)cc1Cl)C(=O)n1ccnc1. The van der Waals surface area contributed by atoms with E-state index < -0.39 is 5.97 Å². The molecule has 0 saturated carbocycles. The van der Waals surface area contributed by atoms with Gasteiger partial charge in [-0.2, -0.15) is 0 Å². The monoisotopic (exact) mass is 539 g/mol. The van der Waals surface area contributed by atoms with E-state index in [0.717, 1.165) is 12.0 Å². The number of benzene rings is 2. The van der Waals surface area contributed by atoms with Crippen molar-refractivity contribution in [3.63, 3.8) is 0 Å². The summed E-state index contributed by atoms with van der Waals surface area (Å²) < 4.78 is 7.05. The zero-order valence-electron chi connectivity index (χ0n) is 19.5. The highest BCUT2D eigenvalue weighted by Crippen LogP contribution is 2.35. The summed E-state index contributed by atoms with van der Waals surface area (Å²) in [4.78, 5) is 28.6. The Morgan fingerprint density at radius 1 is 1.09 bits per heavy atom. The lowest BCUT2D eigenvalue weighted by molar-refractivity contribution is -0.138. The second-order valence-electron chi connectivity index (χ2n) is 7.50.